The number of allylic oxidation sites excluding steroid dienone is 8. The molecule has 0 saturated carbocycles. The van der Waals surface area contributed by atoms with Crippen molar-refractivity contribution in [2.24, 2.45) is 11.8 Å². The van der Waals surface area contributed by atoms with Gasteiger partial charge in [0.15, 0.2) is 0 Å². The Kier molecular flexibility index (Phi) is 10.0. The third-order valence-corrected chi connectivity index (χ3v) is 15.1. The molecule has 3 aliphatic carbocycles. The first-order valence-corrected chi connectivity index (χ1v) is 15.4. The van der Waals surface area contributed by atoms with E-state index in [9.17, 15) is 0 Å². The van der Waals surface area contributed by atoms with E-state index in [1.54, 1.807) is 19.9 Å². The Hall–Kier alpha value is -0.487. The molecule has 0 saturated heterocycles. The number of rotatable bonds is 5. The van der Waals surface area contributed by atoms with Gasteiger partial charge in [0.1, 0.15) is 0 Å². The van der Waals surface area contributed by atoms with Gasteiger partial charge in [-0.15, -0.1) is 0 Å². The summed E-state index contributed by atoms with van der Waals surface area (Å²) in [4.78, 5) is 0. The van der Waals surface area contributed by atoms with Gasteiger partial charge in [-0.25, -0.2) is 0 Å². The fraction of sp³-hybridized carbons (Fsp3) is 0.464. The van der Waals surface area contributed by atoms with Crippen LogP contribution in [-0.4, -0.2) is 3.21 Å². The molecule has 0 amide bonds. The van der Waals surface area contributed by atoms with Crippen LogP contribution in [0.1, 0.15) is 72.3 Å². The van der Waals surface area contributed by atoms with Gasteiger partial charge in [-0.3, -0.25) is 0 Å². The molecule has 166 valence electrons. The van der Waals surface area contributed by atoms with Crippen molar-refractivity contribution >= 4 is 3.21 Å². The average Bonchev–Trinajstić information content (AvgIpc) is 3.34. The fourth-order valence-electron chi connectivity index (χ4n) is 5.50. The Morgan fingerprint density at radius 3 is 2.23 bits per heavy atom. The summed E-state index contributed by atoms with van der Waals surface area (Å²) < 4.78 is 4.33. The SMILES string of the molecule is C/[C](c1ccccc1)=[Zr+2](/[C]1=CC(C(C)C)=C(C(C)C)C1)[CH]1C=CC2=C1CCCC2.[Cl-].[Cl-]. The van der Waals surface area contributed by atoms with E-state index in [1.165, 1.54) is 37.7 Å². The van der Waals surface area contributed by atoms with Crippen LogP contribution in [0, 0.1) is 11.8 Å². The van der Waals surface area contributed by atoms with Gasteiger partial charge in [-0.05, 0) is 0 Å². The van der Waals surface area contributed by atoms with Gasteiger partial charge >= 0.3 is 186 Å². The zero-order chi connectivity index (χ0) is 20.5. The Labute approximate surface area is 210 Å². The van der Waals surface area contributed by atoms with Crippen LogP contribution < -0.4 is 24.8 Å². The summed E-state index contributed by atoms with van der Waals surface area (Å²) in [6, 6.07) is 11.3. The van der Waals surface area contributed by atoms with E-state index < -0.39 is 21.3 Å². The summed E-state index contributed by atoms with van der Waals surface area (Å²) in [5.74, 6) is 1.29. The Balaban J connectivity index is 0.00000171. The van der Waals surface area contributed by atoms with Gasteiger partial charge in [0.25, 0.3) is 0 Å². The normalized spacial score (nSPS) is 20.5. The smallest absolute Gasteiger partial charge is 1.00 e. The number of halogens is 2. The zero-order valence-corrected chi connectivity index (χ0v) is 23.6. The third-order valence-electron chi connectivity index (χ3n) is 7.09. The van der Waals surface area contributed by atoms with E-state index in [0.717, 1.165) is 3.63 Å². The van der Waals surface area contributed by atoms with E-state index >= 15 is 0 Å². The van der Waals surface area contributed by atoms with Crippen LogP contribution in [0.4, 0.5) is 0 Å². The van der Waals surface area contributed by atoms with E-state index in [-0.39, 0.29) is 24.8 Å². The second kappa shape index (κ2) is 11.6. The number of benzene rings is 1. The first-order valence-electron chi connectivity index (χ1n) is 11.6. The van der Waals surface area contributed by atoms with Crippen LogP contribution >= 0.6 is 0 Å². The van der Waals surface area contributed by atoms with Crippen molar-refractivity contribution < 1.29 is 46.1 Å². The van der Waals surface area contributed by atoms with Crippen LogP contribution in [0.15, 0.2) is 74.1 Å². The molecular weight excluding hydrogens is 498 g/mol. The Bertz CT molecular complexity index is 942. The number of hydrogen-bond acceptors (Lipinski definition) is 0. The molecule has 0 N–H and O–H groups in total. The Morgan fingerprint density at radius 1 is 0.935 bits per heavy atom. The topological polar surface area (TPSA) is 0 Å². The van der Waals surface area contributed by atoms with Crippen molar-refractivity contribution in [3.63, 3.8) is 0 Å². The van der Waals surface area contributed by atoms with Crippen molar-refractivity contribution in [3.05, 3.63) is 79.7 Å². The first kappa shape index (κ1) is 26.8. The van der Waals surface area contributed by atoms with Crippen molar-refractivity contribution in [1.82, 2.24) is 0 Å². The standard InChI is InChI=1S/C11H17.C9H11.C8H8.2ClH.Zr/c1-8(2)10-6-5-7-11(10)9(3)4;1-2-5-9-7-3-6-8(9)4-1;1-2-8-6-4-3-5-7-8;;;/h6,8-9H,7H2,1-4H3;3,6-7H,1-2,4-5H2;3-7H,1H3;2*1H;/q;;;;;+2/p-2. The maximum atomic E-state index is 2.68. The molecule has 0 radical (unpaired) electrons. The van der Waals surface area contributed by atoms with Crippen molar-refractivity contribution in [2.75, 3.05) is 0 Å². The molecule has 4 rings (SSSR count). The summed E-state index contributed by atoms with van der Waals surface area (Å²) >= 11 is -2.08. The first-order chi connectivity index (χ1) is 14.0. The molecule has 31 heavy (non-hydrogen) atoms. The van der Waals surface area contributed by atoms with Crippen molar-refractivity contribution in [2.45, 2.75) is 70.3 Å². The van der Waals surface area contributed by atoms with E-state index in [4.69, 9.17) is 0 Å². The minimum atomic E-state index is -2.08. The molecule has 0 aliphatic heterocycles. The molecule has 0 fully saturated rings. The second-order valence-electron chi connectivity index (χ2n) is 9.64. The van der Waals surface area contributed by atoms with Gasteiger partial charge in [-0.2, -0.15) is 0 Å². The maximum absolute atomic E-state index is 2.68. The molecule has 1 aromatic carbocycles. The summed E-state index contributed by atoms with van der Waals surface area (Å²) in [6.07, 6.45) is 14.5. The van der Waals surface area contributed by atoms with Gasteiger partial charge in [0.2, 0.25) is 0 Å². The monoisotopic (exact) mass is 532 g/mol. The van der Waals surface area contributed by atoms with Gasteiger partial charge < -0.3 is 24.8 Å². The van der Waals surface area contributed by atoms with Crippen LogP contribution in [0.5, 0.6) is 0 Å². The van der Waals surface area contributed by atoms with E-state index in [1.807, 2.05) is 8.85 Å². The molecule has 1 aromatic rings. The van der Waals surface area contributed by atoms with Crippen molar-refractivity contribution in [1.29, 1.82) is 0 Å². The Morgan fingerprint density at radius 2 is 1.61 bits per heavy atom. The molecule has 0 spiro atoms. The predicted octanol–water partition coefficient (Wildman–Crippen LogP) is 1.98. The summed E-state index contributed by atoms with van der Waals surface area (Å²) in [7, 11) is 0. The minimum Gasteiger partial charge on any atom is -1.00 e. The van der Waals surface area contributed by atoms with Crippen LogP contribution in [0.25, 0.3) is 0 Å². The van der Waals surface area contributed by atoms with Gasteiger partial charge in [0.05, 0.1) is 0 Å². The predicted molar refractivity (Wildman–Crippen MR) is 124 cm³/mol. The third kappa shape index (κ3) is 5.54. The molecule has 1 atom stereocenters. The zero-order valence-electron chi connectivity index (χ0n) is 19.6. The molecule has 0 nitrogen and oxygen atoms in total. The summed E-state index contributed by atoms with van der Waals surface area (Å²) in [5.41, 5.74) is 8.37. The molecule has 3 aliphatic rings. The van der Waals surface area contributed by atoms with Gasteiger partial charge in [-0.1, -0.05) is 0 Å². The fourth-order valence-corrected chi connectivity index (χ4v) is 14.1. The van der Waals surface area contributed by atoms with Crippen LogP contribution in [-0.2, 0) is 21.3 Å². The molecular formula is C28H36Cl2Zr. The molecule has 3 heteroatoms. The van der Waals surface area contributed by atoms with Crippen LogP contribution in [0.3, 0.4) is 0 Å². The molecule has 0 heterocycles. The van der Waals surface area contributed by atoms with Crippen molar-refractivity contribution in [3.8, 4) is 0 Å². The van der Waals surface area contributed by atoms with E-state index in [2.05, 4.69) is 83.2 Å². The van der Waals surface area contributed by atoms with Crippen LogP contribution in [0.2, 0.25) is 3.63 Å². The maximum Gasteiger partial charge on any atom is -1.00 e. The molecule has 1 unspecified atom stereocenters. The molecule has 0 aromatic heterocycles. The quantitative estimate of drug-likeness (QED) is 0.542. The van der Waals surface area contributed by atoms with E-state index in [0.29, 0.717) is 11.8 Å². The summed E-state index contributed by atoms with van der Waals surface area (Å²) in [6.45, 7) is 12.0. The average molecular weight is 535 g/mol. The second-order valence-corrected chi connectivity index (χ2v) is 16.6. The molecule has 0 bridgehead atoms. The minimum absolute atomic E-state index is 0. The number of hydrogen-bond donors (Lipinski definition) is 0. The summed E-state index contributed by atoms with van der Waals surface area (Å²) in [5, 5.41) is 0. The largest absolute Gasteiger partial charge is 1.00 e. The van der Waals surface area contributed by atoms with Gasteiger partial charge in [0, 0.05) is 0 Å².